The van der Waals surface area contributed by atoms with Crippen LogP contribution in [0.4, 0.5) is 11.5 Å². The molecule has 3 fully saturated rings. The van der Waals surface area contributed by atoms with E-state index in [0.717, 1.165) is 63.2 Å². The highest BCUT2D eigenvalue weighted by molar-refractivity contribution is 8.26. The van der Waals surface area contributed by atoms with Crippen LogP contribution in [0.25, 0.3) is 6.08 Å². The van der Waals surface area contributed by atoms with E-state index in [1.165, 1.54) is 17.4 Å². The average Bonchev–Trinajstić information content (AvgIpc) is 3.53. The molecule has 2 saturated heterocycles. The highest BCUT2D eigenvalue weighted by Crippen LogP contribution is 2.39. The van der Waals surface area contributed by atoms with Crippen molar-refractivity contribution in [3.05, 3.63) is 62.3 Å². The van der Waals surface area contributed by atoms with Gasteiger partial charge >= 0.3 is 0 Å². The van der Waals surface area contributed by atoms with Crippen molar-refractivity contribution < 1.29 is 4.79 Å². The van der Waals surface area contributed by atoms with Gasteiger partial charge in [-0.05, 0) is 50.5 Å². The van der Waals surface area contributed by atoms with Crippen LogP contribution in [-0.2, 0) is 11.3 Å². The first kappa shape index (κ1) is 25.6. The minimum atomic E-state index is -0.279. The summed E-state index contributed by atoms with van der Waals surface area (Å²) in [4.78, 5) is 33.7. The van der Waals surface area contributed by atoms with Gasteiger partial charge in [0.2, 0.25) is 0 Å². The number of para-hydroxylation sites is 1. The second-order valence-electron chi connectivity index (χ2n) is 9.70. The Hall–Kier alpha value is -3.09. The van der Waals surface area contributed by atoms with Gasteiger partial charge in [0.25, 0.3) is 11.5 Å². The third-order valence-corrected chi connectivity index (χ3v) is 8.98. The van der Waals surface area contributed by atoms with Gasteiger partial charge in [0, 0.05) is 50.0 Å². The van der Waals surface area contributed by atoms with Gasteiger partial charge in [-0.1, -0.05) is 55.0 Å². The molecule has 3 aliphatic rings. The zero-order valence-corrected chi connectivity index (χ0v) is 22.9. The summed E-state index contributed by atoms with van der Waals surface area (Å²) < 4.78 is 2.29. The van der Waals surface area contributed by atoms with Crippen LogP contribution in [0.5, 0.6) is 0 Å². The molecule has 2 aromatic rings. The molecule has 0 radical (unpaired) electrons. The number of hydrogen-bond acceptors (Lipinski definition) is 7. The fourth-order valence-corrected chi connectivity index (χ4v) is 7.06. The van der Waals surface area contributed by atoms with Crippen molar-refractivity contribution in [2.75, 3.05) is 36.0 Å². The SMILES string of the molecule is CCn1c(N2CCN(c3ccccc3)CC2)c(/C=C2\SC(=S)N(C3CCCC3)C2=O)c(C)c(C#N)c1=O. The molecular formula is C28H31N5O2S2. The number of hydrogen-bond donors (Lipinski definition) is 0. The van der Waals surface area contributed by atoms with E-state index in [1.54, 1.807) is 9.47 Å². The lowest BCUT2D eigenvalue weighted by atomic mass is 10.0. The summed E-state index contributed by atoms with van der Waals surface area (Å²) in [5.41, 5.74) is 2.41. The number of amides is 1. The van der Waals surface area contributed by atoms with Crippen LogP contribution in [0.15, 0.2) is 40.0 Å². The summed E-state index contributed by atoms with van der Waals surface area (Å²) in [6.07, 6.45) is 6.07. The van der Waals surface area contributed by atoms with Crippen LogP contribution >= 0.6 is 24.0 Å². The Balaban J connectivity index is 1.54. The standard InChI is InChI=1S/C28H31N5O2S2/c1-3-32-25(31-15-13-30(14-16-31)20-9-5-4-6-10-20)22(19(2)23(18-29)26(32)34)17-24-27(35)33(28(36)37-24)21-11-7-8-12-21/h4-6,9-10,17,21H,3,7-8,11-16H2,1-2H3/b24-17-. The van der Waals surface area contributed by atoms with Gasteiger partial charge in [-0.2, -0.15) is 5.26 Å². The average molecular weight is 534 g/mol. The molecule has 0 unspecified atom stereocenters. The van der Waals surface area contributed by atoms with Gasteiger partial charge < -0.3 is 9.80 Å². The van der Waals surface area contributed by atoms with Crippen LogP contribution in [0.3, 0.4) is 0 Å². The van der Waals surface area contributed by atoms with Gasteiger partial charge in [0.15, 0.2) is 0 Å². The van der Waals surface area contributed by atoms with E-state index in [4.69, 9.17) is 12.2 Å². The summed E-state index contributed by atoms with van der Waals surface area (Å²) in [6, 6.07) is 12.6. The third kappa shape index (κ3) is 4.69. The summed E-state index contributed by atoms with van der Waals surface area (Å²) in [5.74, 6) is 0.719. The maximum absolute atomic E-state index is 13.5. The molecule has 0 atom stereocenters. The molecule has 0 bridgehead atoms. The molecule has 3 heterocycles. The Kier molecular flexibility index (Phi) is 7.40. The Morgan fingerprint density at radius 2 is 1.73 bits per heavy atom. The molecule has 5 rings (SSSR count). The van der Waals surface area contributed by atoms with Gasteiger partial charge in [-0.3, -0.25) is 19.1 Å². The number of nitriles is 1. The van der Waals surface area contributed by atoms with Gasteiger partial charge in [-0.15, -0.1) is 0 Å². The first-order chi connectivity index (χ1) is 17.9. The lowest BCUT2D eigenvalue weighted by Crippen LogP contribution is -2.48. The molecule has 7 nitrogen and oxygen atoms in total. The molecule has 1 amide bonds. The van der Waals surface area contributed by atoms with E-state index in [9.17, 15) is 14.9 Å². The number of pyridine rings is 1. The monoisotopic (exact) mass is 533 g/mol. The quantitative estimate of drug-likeness (QED) is 0.413. The minimum Gasteiger partial charge on any atom is -0.368 e. The molecule has 1 saturated carbocycles. The number of thioether (sulfide) groups is 1. The molecule has 1 aliphatic carbocycles. The Morgan fingerprint density at radius 3 is 2.35 bits per heavy atom. The fourth-order valence-electron chi connectivity index (χ4n) is 5.68. The Bertz CT molecular complexity index is 1350. The second-order valence-corrected chi connectivity index (χ2v) is 11.4. The second kappa shape index (κ2) is 10.7. The van der Waals surface area contributed by atoms with Crippen LogP contribution < -0.4 is 15.4 Å². The van der Waals surface area contributed by atoms with E-state index in [0.29, 0.717) is 21.3 Å². The number of carbonyl (C=O) groups is 1. The topological polar surface area (TPSA) is 72.6 Å². The number of carbonyl (C=O) groups excluding carboxylic acids is 1. The van der Waals surface area contributed by atoms with E-state index in [1.807, 2.05) is 38.1 Å². The van der Waals surface area contributed by atoms with Crippen molar-refractivity contribution in [3.63, 3.8) is 0 Å². The van der Waals surface area contributed by atoms with Crippen molar-refractivity contribution in [3.8, 4) is 6.07 Å². The van der Waals surface area contributed by atoms with Crippen LogP contribution in [0.2, 0.25) is 0 Å². The number of anilines is 2. The third-order valence-electron chi connectivity index (χ3n) is 7.65. The van der Waals surface area contributed by atoms with E-state index in [2.05, 4.69) is 28.0 Å². The van der Waals surface area contributed by atoms with Gasteiger partial charge in [0.05, 0.1) is 4.91 Å². The van der Waals surface area contributed by atoms with Gasteiger partial charge in [-0.25, -0.2) is 0 Å². The normalized spacial score (nSPS) is 19.8. The first-order valence-electron chi connectivity index (χ1n) is 12.9. The highest BCUT2D eigenvalue weighted by Gasteiger charge is 2.38. The Morgan fingerprint density at radius 1 is 1.08 bits per heavy atom. The summed E-state index contributed by atoms with van der Waals surface area (Å²) >= 11 is 6.95. The number of aromatic nitrogens is 1. The zero-order valence-electron chi connectivity index (χ0n) is 21.3. The number of nitrogens with zero attached hydrogens (tertiary/aromatic N) is 5. The van der Waals surface area contributed by atoms with Crippen LogP contribution in [0.1, 0.15) is 49.3 Å². The zero-order chi connectivity index (χ0) is 26.1. The van der Waals surface area contributed by atoms with Crippen LogP contribution in [-0.4, -0.2) is 51.9 Å². The maximum atomic E-state index is 13.5. The highest BCUT2D eigenvalue weighted by atomic mass is 32.2. The maximum Gasteiger partial charge on any atom is 0.270 e. The summed E-state index contributed by atoms with van der Waals surface area (Å²) in [7, 11) is 0. The van der Waals surface area contributed by atoms with Crippen molar-refractivity contribution in [2.24, 2.45) is 0 Å². The molecule has 1 aromatic heterocycles. The van der Waals surface area contributed by atoms with Crippen LogP contribution in [0, 0.1) is 18.3 Å². The van der Waals surface area contributed by atoms with Crippen molar-refractivity contribution in [1.29, 1.82) is 5.26 Å². The smallest absolute Gasteiger partial charge is 0.270 e. The minimum absolute atomic E-state index is 0.0612. The molecular weight excluding hydrogens is 502 g/mol. The molecule has 37 heavy (non-hydrogen) atoms. The van der Waals surface area contributed by atoms with E-state index >= 15 is 0 Å². The summed E-state index contributed by atoms with van der Waals surface area (Å²) in [5, 5.41) is 9.84. The largest absolute Gasteiger partial charge is 0.368 e. The number of piperazine rings is 1. The van der Waals surface area contributed by atoms with Gasteiger partial charge in [0.1, 0.15) is 21.8 Å². The molecule has 1 aromatic carbocycles. The number of benzene rings is 1. The lowest BCUT2D eigenvalue weighted by molar-refractivity contribution is -0.123. The Labute approximate surface area is 227 Å². The van der Waals surface area contributed by atoms with Crippen molar-refractivity contribution in [2.45, 2.75) is 52.1 Å². The lowest BCUT2D eigenvalue weighted by Gasteiger charge is -2.39. The van der Waals surface area contributed by atoms with E-state index in [-0.39, 0.29) is 23.1 Å². The molecule has 9 heteroatoms. The van der Waals surface area contributed by atoms with E-state index < -0.39 is 0 Å². The predicted molar refractivity (Wildman–Crippen MR) is 154 cm³/mol. The van der Waals surface area contributed by atoms with Crippen molar-refractivity contribution in [1.82, 2.24) is 9.47 Å². The summed E-state index contributed by atoms with van der Waals surface area (Å²) in [6.45, 7) is 7.24. The van der Waals surface area contributed by atoms with Crippen molar-refractivity contribution >= 4 is 51.8 Å². The first-order valence-corrected chi connectivity index (χ1v) is 14.2. The fraction of sp³-hybridized carbons (Fsp3) is 0.429. The predicted octanol–water partition coefficient (Wildman–Crippen LogP) is 4.52. The number of thiocarbonyl (C=S) groups is 1. The molecule has 0 N–H and O–H groups in total. The molecule has 192 valence electrons. The molecule has 0 spiro atoms. The molecule has 2 aliphatic heterocycles. The number of rotatable bonds is 5.